The van der Waals surface area contributed by atoms with Gasteiger partial charge in [-0.1, -0.05) is 23.4 Å². The zero-order valence-electron chi connectivity index (χ0n) is 24.0. The minimum Gasteiger partial charge on any atom is -0.497 e. The Morgan fingerprint density at radius 3 is 2.64 bits per heavy atom. The maximum absolute atomic E-state index is 13.5. The van der Waals surface area contributed by atoms with Gasteiger partial charge in [0.1, 0.15) is 41.8 Å². The van der Waals surface area contributed by atoms with Crippen LogP contribution in [0.25, 0.3) is 0 Å². The fourth-order valence-corrected chi connectivity index (χ4v) is 6.53. The number of hydrogen-bond donors (Lipinski definition) is 3. The van der Waals surface area contributed by atoms with Crippen molar-refractivity contribution in [1.29, 1.82) is 0 Å². The standard InChI is InChI=1S/C28H30N6O9S2/c1-40-18-6-4-16(5-7-18)13-43-26(37)22-17(3-2-10-42-28(38)33-8-11-41-12-9-33)14-44-25-21(24(36)34(22)25)31-23(35)20(32-39)19-15-45-27(29)30-19/h2-7,15,21,25,39H,8-14H2,1H3,(H2,29,30)(H,31,35)/b3-2-,32-20-/t21-,25-/m1/s1. The number of anilines is 1. The first-order valence-electron chi connectivity index (χ1n) is 13.7. The van der Waals surface area contributed by atoms with E-state index >= 15 is 0 Å². The van der Waals surface area contributed by atoms with E-state index in [1.54, 1.807) is 48.4 Å². The second-order valence-electron chi connectivity index (χ2n) is 9.76. The number of nitrogens with one attached hydrogen (secondary N) is 1. The molecule has 4 N–H and O–H groups in total. The highest BCUT2D eigenvalue weighted by Gasteiger charge is 2.54. The first-order chi connectivity index (χ1) is 21.8. The summed E-state index contributed by atoms with van der Waals surface area (Å²) in [6.45, 7) is 1.64. The van der Waals surface area contributed by atoms with E-state index in [-0.39, 0.29) is 35.5 Å². The fraction of sp³-hybridized carbons (Fsp3) is 0.357. The number of fused-ring (bicyclic) bond motifs is 1. The number of rotatable bonds is 10. The normalized spacial score (nSPS) is 20.0. The number of carbonyl (C=O) groups excluding carboxylic acids is 4. The number of esters is 1. The molecule has 0 bridgehead atoms. The summed E-state index contributed by atoms with van der Waals surface area (Å²) >= 11 is 2.37. The maximum Gasteiger partial charge on any atom is 0.410 e. The molecule has 3 amide bonds. The third-order valence-electron chi connectivity index (χ3n) is 6.98. The SMILES string of the molecule is COc1ccc(COC(=O)C2=C(/C=C\COC(=O)N3CCOCC3)CS[C@@H]3[C@H](NC(=O)/C(=N\O)c4csc(N)n4)C(=O)N23)cc1. The monoisotopic (exact) mass is 658 g/mol. The highest BCUT2D eigenvalue weighted by atomic mass is 32.2. The largest absolute Gasteiger partial charge is 0.497 e. The van der Waals surface area contributed by atoms with Crippen LogP contribution in [0.1, 0.15) is 11.3 Å². The number of oxime groups is 1. The zero-order valence-corrected chi connectivity index (χ0v) is 25.7. The summed E-state index contributed by atoms with van der Waals surface area (Å²) in [6, 6.07) is 5.95. The number of amides is 3. The van der Waals surface area contributed by atoms with Crippen molar-refractivity contribution >= 4 is 57.8 Å². The molecule has 238 valence electrons. The summed E-state index contributed by atoms with van der Waals surface area (Å²) in [7, 11) is 1.55. The third-order valence-corrected chi connectivity index (χ3v) is 8.95. The van der Waals surface area contributed by atoms with Crippen LogP contribution in [0.4, 0.5) is 9.93 Å². The zero-order chi connectivity index (χ0) is 31.9. The lowest BCUT2D eigenvalue weighted by Gasteiger charge is -2.49. The van der Waals surface area contributed by atoms with Crippen molar-refractivity contribution in [2.45, 2.75) is 18.0 Å². The predicted octanol–water partition coefficient (Wildman–Crippen LogP) is 1.33. The Kier molecular flexibility index (Phi) is 10.2. The number of aromatic nitrogens is 1. The molecule has 1 aromatic carbocycles. The van der Waals surface area contributed by atoms with Crippen LogP contribution in [-0.2, 0) is 35.2 Å². The van der Waals surface area contributed by atoms with Gasteiger partial charge in [0.15, 0.2) is 10.8 Å². The van der Waals surface area contributed by atoms with Gasteiger partial charge >= 0.3 is 12.1 Å². The highest BCUT2D eigenvalue weighted by molar-refractivity contribution is 8.00. The second-order valence-corrected chi connectivity index (χ2v) is 11.8. The number of hydrogen-bond acceptors (Lipinski definition) is 14. The van der Waals surface area contributed by atoms with Crippen molar-refractivity contribution in [3.63, 3.8) is 0 Å². The molecule has 4 heterocycles. The van der Waals surface area contributed by atoms with Gasteiger partial charge in [0, 0.05) is 24.2 Å². The molecular formula is C28H30N6O9S2. The lowest BCUT2D eigenvalue weighted by Crippen LogP contribution is -2.71. The van der Waals surface area contributed by atoms with Crippen molar-refractivity contribution < 1.29 is 43.3 Å². The van der Waals surface area contributed by atoms with Gasteiger partial charge in [-0.2, -0.15) is 0 Å². The molecular weight excluding hydrogens is 628 g/mol. The van der Waals surface area contributed by atoms with Gasteiger partial charge in [-0.15, -0.1) is 23.1 Å². The van der Waals surface area contributed by atoms with Crippen LogP contribution in [0.15, 0.2) is 58.2 Å². The number of carbonyl (C=O) groups is 4. The quantitative estimate of drug-likeness (QED) is 0.109. The lowest BCUT2D eigenvalue weighted by molar-refractivity contribution is -0.153. The maximum atomic E-state index is 13.5. The summed E-state index contributed by atoms with van der Waals surface area (Å²) < 4.78 is 21.3. The Balaban J connectivity index is 1.30. The summed E-state index contributed by atoms with van der Waals surface area (Å²) in [6.07, 6.45) is 2.72. The van der Waals surface area contributed by atoms with Crippen molar-refractivity contribution in [3.05, 3.63) is 64.3 Å². The molecule has 2 saturated heterocycles. The number of β-lactam (4-membered cyclic amide) rings is 1. The van der Waals surface area contributed by atoms with Gasteiger partial charge in [0.05, 0.1) is 20.3 Å². The van der Waals surface area contributed by atoms with Gasteiger partial charge in [0.2, 0.25) is 0 Å². The molecule has 2 aromatic rings. The van der Waals surface area contributed by atoms with Crippen molar-refractivity contribution in [1.82, 2.24) is 20.1 Å². The van der Waals surface area contributed by atoms with E-state index in [2.05, 4.69) is 15.5 Å². The van der Waals surface area contributed by atoms with Crippen LogP contribution >= 0.6 is 23.1 Å². The van der Waals surface area contributed by atoms with E-state index < -0.39 is 41.0 Å². The summed E-state index contributed by atoms with van der Waals surface area (Å²) in [5.74, 6) is -1.20. The number of morpholine rings is 1. The number of thiazole rings is 1. The van der Waals surface area contributed by atoms with Gasteiger partial charge in [0.25, 0.3) is 11.8 Å². The molecule has 1 aromatic heterocycles. The molecule has 2 fully saturated rings. The van der Waals surface area contributed by atoms with Crippen LogP contribution < -0.4 is 15.8 Å². The molecule has 0 saturated carbocycles. The average molecular weight is 659 g/mol. The Labute approximate surface area is 265 Å². The van der Waals surface area contributed by atoms with Crippen LogP contribution in [0.5, 0.6) is 5.75 Å². The van der Waals surface area contributed by atoms with E-state index in [4.69, 9.17) is 24.7 Å². The molecule has 0 spiro atoms. The Bertz CT molecular complexity index is 1530. The number of nitrogen functional groups attached to an aromatic ring is 1. The molecule has 0 aliphatic carbocycles. The second kappa shape index (κ2) is 14.4. The van der Waals surface area contributed by atoms with Crippen LogP contribution in [-0.4, -0.2) is 107 Å². The van der Waals surface area contributed by atoms with Crippen molar-refractivity contribution in [2.75, 3.05) is 51.5 Å². The number of allylic oxidation sites excluding steroid dienone is 1. The van der Waals surface area contributed by atoms with Gasteiger partial charge in [-0.25, -0.2) is 14.6 Å². The number of ether oxygens (including phenoxy) is 4. The number of methoxy groups -OCH3 is 1. The van der Waals surface area contributed by atoms with Crippen molar-refractivity contribution in [2.24, 2.45) is 5.16 Å². The van der Waals surface area contributed by atoms with Gasteiger partial charge in [-0.05, 0) is 29.3 Å². The van der Waals surface area contributed by atoms with E-state index in [0.29, 0.717) is 43.2 Å². The number of thioether (sulfide) groups is 1. The van der Waals surface area contributed by atoms with E-state index in [1.165, 1.54) is 22.0 Å². The molecule has 0 radical (unpaired) electrons. The van der Waals surface area contributed by atoms with E-state index in [9.17, 15) is 24.4 Å². The van der Waals surface area contributed by atoms with Crippen molar-refractivity contribution in [3.8, 4) is 5.75 Å². The topological polar surface area (TPSA) is 195 Å². The number of benzene rings is 1. The molecule has 17 heteroatoms. The van der Waals surface area contributed by atoms with E-state index in [0.717, 1.165) is 11.3 Å². The van der Waals surface area contributed by atoms with Crippen LogP contribution in [0, 0.1) is 0 Å². The molecule has 0 unspecified atom stereocenters. The fourth-order valence-electron chi connectivity index (χ4n) is 4.67. The number of nitrogens with zero attached hydrogens (tertiary/aromatic N) is 4. The van der Waals surface area contributed by atoms with Gasteiger partial charge < -0.3 is 40.1 Å². The summed E-state index contributed by atoms with van der Waals surface area (Å²) in [5.41, 5.74) is 6.48. The Morgan fingerprint density at radius 1 is 1.22 bits per heavy atom. The predicted molar refractivity (Wildman–Crippen MR) is 163 cm³/mol. The minimum atomic E-state index is -1.01. The molecule has 3 aliphatic rings. The first-order valence-corrected chi connectivity index (χ1v) is 15.6. The minimum absolute atomic E-state index is 0.0156. The molecule has 2 atom stereocenters. The molecule has 45 heavy (non-hydrogen) atoms. The lowest BCUT2D eigenvalue weighted by atomic mass is 10.0. The van der Waals surface area contributed by atoms with Crippen LogP contribution in [0.3, 0.4) is 0 Å². The summed E-state index contributed by atoms with van der Waals surface area (Å²) in [4.78, 5) is 58.8. The Hall–Kier alpha value is -4.61. The molecule has 3 aliphatic heterocycles. The Morgan fingerprint density at radius 2 is 1.98 bits per heavy atom. The van der Waals surface area contributed by atoms with E-state index in [1.807, 2.05) is 0 Å². The third kappa shape index (κ3) is 7.21. The first kappa shape index (κ1) is 31.8. The number of nitrogens with two attached hydrogens (primary N) is 1. The average Bonchev–Trinajstić information content (AvgIpc) is 3.50. The van der Waals surface area contributed by atoms with Crippen LogP contribution in [0.2, 0.25) is 0 Å². The molecule has 5 rings (SSSR count). The van der Waals surface area contributed by atoms with Gasteiger partial charge in [-0.3, -0.25) is 14.5 Å². The highest BCUT2D eigenvalue weighted by Crippen LogP contribution is 2.41. The molecule has 15 nitrogen and oxygen atoms in total. The smallest absolute Gasteiger partial charge is 0.410 e. The summed E-state index contributed by atoms with van der Waals surface area (Å²) in [5, 5.41) is 16.0.